The van der Waals surface area contributed by atoms with Crippen LogP contribution in [0.2, 0.25) is 0 Å². The number of hydrogen-bond acceptors (Lipinski definition) is 5. The number of amides is 1. The molecule has 28 heavy (non-hydrogen) atoms. The summed E-state index contributed by atoms with van der Waals surface area (Å²) in [5.74, 6) is -0.506. The Hall–Kier alpha value is -1.96. The van der Waals surface area contributed by atoms with Crippen LogP contribution in [0.3, 0.4) is 0 Å². The SMILES string of the molecule is CCCC(C(O)(CC)COCCC(N)=O)S(=O)(=O)c1cccc2ccccc12. The smallest absolute Gasteiger partial charge is 0.219 e. The fraction of sp³-hybridized carbons (Fsp3) is 0.476. The van der Waals surface area contributed by atoms with Crippen LogP contribution in [0, 0.1) is 0 Å². The first-order chi connectivity index (χ1) is 13.3. The summed E-state index contributed by atoms with van der Waals surface area (Å²) in [7, 11) is -3.83. The zero-order chi connectivity index (χ0) is 20.8. The summed E-state index contributed by atoms with van der Waals surface area (Å²) in [6.45, 7) is 3.49. The fourth-order valence-corrected chi connectivity index (χ4v) is 5.84. The number of aliphatic hydroxyl groups is 1. The molecule has 3 N–H and O–H groups in total. The Morgan fingerprint density at radius 1 is 1.18 bits per heavy atom. The minimum Gasteiger partial charge on any atom is -0.386 e. The second-order valence-electron chi connectivity index (χ2n) is 7.03. The number of benzene rings is 2. The van der Waals surface area contributed by atoms with Gasteiger partial charge in [0, 0.05) is 11.8 Å². The minimum absolute atomic E-state index is 0.0221. The maximum atomic E-state index is 13.6. The van der Waals surface area contributed by atoms with Crippen LogP contribution in [0.15, 0.2) is 47.4 Å². The third kappa shape index (κ3) is 4.90. The summed E-state index contributed by atoms with van der Waals surface area (Å²) >= 11 is 0. The van der Waals surface area contributed by atoms with Crippen molar-refractivity contribution in [2.75, 3.05) is 13.2 Å². The average Bonchev–Trinajstić information content (AvgIpc) is 2.68. The van der Waals surface area contributed by atoms with E-state index in [1.807, 2.05) is 25.1 Å². The lowest BCUT2D eigenvalue weighted by atomic mass is 9.94. The molecule has 0 aliphatic carbocycles. The topological polar surface area (TPSA) is 107 Å². The van der Waals surface area contributed by atoms with Crippen molar-refractivity contribution in [3.05, 3.63) is 42.5 Å². The second kappa shape index (κ2) is 9.49. The summed E-state index contributed by atoms with van der Waals surface area (Å²) in [5.41, 5.74) is 3.54. The first-order valence-electron chi connectivity index (χ1n) is 9.56. The van der Waals surface area contributed by atoms with Gasteiger partial charge >= 0.3 is 0 Å². The number of carbonyl (C=O) groups is 1. The van der Waals surface area contributed by atoms with Crippen molar-refractivity contribution >= 4 is 26.5 Å². The fourth-order valence-electron chi connectivity index (χ4n) is 3.42. The first kappa shape index (κ1) is 22.3. The van der Waals surface area contributed by atoms with Crippen LogP contribution < -0.4 is 5.73 Å². The lowest BCUT2D eigenvalue weighted by Gasteiger charge is -2.35. The molecule has 2 aromatic carbocycles. The maximum absolute atomic E-state index is 13.6. The van der Waals surface area contributed by atoms with E-state index >= 15 is 0 Å². The van der Waals surface area contributed by atoms with Gasteiger partial charge < -0.3 is 15.6 Å². The van der Waals surface area contributed by atoms with Crippen molar-refractivity contribution in [3.8, 4) is 0 Å². The third-order valence-corrected chi connectivity index (χ3v) is 7.43. The van der Waals surface area contributed by atoms with Crippen molar-refractivity contribution < 1.29 is 23.1 Å². The Labute approximate surface area is 166 Å². The summed E-state index contributed by atoms with van der Waals surface area (Å²) in [5, 5.41) is 11.7. The van der Waals surface area contributed by atoms with Crippen molar-refractivity contribution in [3.63, 3.8) is 0 Å². The minimum atomic E-state index is -3.83. The lowest BCUT2D eigenvalue weighted by molar-refractivity contribution is -0.120. The number of primary amides is 1. The molecule has 0 aliphatic heterocycles. The van der Waals surface area contributed by atoms with Gasteiger partial charge in [-0.3, -0.25) is 4.79 Å². The van der Waals surface area contributed by atoms with E-state index in [0.29, 0.717) is 18.2 Å². The molecule has 0 saturated carbocycles. The monoisotopic (exact) mass is 407 g/mol. The zero-order valence-electron chi connectivity index (χ0n) is 16.4. The van der Waals surface area contributed by atoms with E-state index in [9.17, 15) is 18.3 Å². The number of rotatable bonds is 11. The molecule has 1 amide bonds. The number of nitrogens with two attached hydrogens (primary N) is 1. The van der Waals surface area contributed by atoms with Crippen LogP contribution in [0.25, 0.3) is 10.8 Å². The molecule has 0 radical (unpaired) electrons. The summed E-state index contributed by atoms with van der Waals surface area (Å²) in [4.78, 5) is 11.1. The summed E-state index contributed by atoms with van der Waals surface area (Å²) < 4.78 is 32.6. The first-order valence-corrected chi connectivity index (χ1v) is 11.1. The van der Waals surface area contributed by atoms with Gasteiger partial charge in [0.15, 0.2) is 9.84 Å². The molecule has 0 bridgehead atoms. The molecule has 0 aliphatic rings. The predicted octanol–water partition coefficient (Wildman–Crippen LogP) is 2.82. The van der Waals surface area contributed by atoms with E-state index in [0.717, 1.165) is 5.39 Å². The molecule has 0 spiro atoms. The normalized spacial score (nSPS) is 15.2. The van der Waals surface area contributed by atoms with Gasteiger partial charge in [-0.15, -0.1) is 0 Å². The molecule has 0 aromatic heterocycles. The number of hydrogen-bond donors (Lipinski definition) is 2. The van der Waals surface area contributed by atoms with Crippen LogP contribution in [0.5, 0.6) is 0 Å². The Morgan fingerprint density at radius 2 is 1.86 bits per heavy atom. The van der Waals surface area contributed by atoms with Gasteiger partial charge in [0.25, 0.3) is 0 Å². The van der Waals surface area contributed by atoms with Gasteiger partial charge in [0.2, 0.25) is 5.91 Å². The molecule has 0 fully saturated rings. The highest BCUT2D eigenvalue weighted by atomic mass is 32.2. The van der Waals surface area contributed by atoms with Gasteiger partial charge in [-0.25, -0.2) is 8.42 Å². The van der Waals surface area contributed by atoms with E-state index in [4.69, 9.17) is 10.5 Å². The van der Waals surface area contributed by atoms with Crippen LogP contribution in [0.4, 0.5) is 0 Å². The van der Waals surface area contributed by atoms with Crippen molar-refractivity contribution in [1.29, 1.82) is 0 Å². The standard InChI is InChI=1S/C21H29NO5S/c1-3-8-19(21(24,4-2)15-27-14-13-20(22)23)28(25,26)18-12-7-10-16-9-5-6-11-17(16)18/h5-7,9-12,19,24H,3-4,8,13-15H2,1-2H3,(H2,22,23). The molecule has 2 aromatic rings. The Balaban J connectivity index is 2.42. The molecular formula is C21H29NO5S. The second-order valence-corrected chi connectivity index (χ2v) is 9.12. The molecule has 0 heterocycles. The van der Waals surface area contributed by atoms with Gasteiger partial charge in [-0.1, -0.05) is 56.7 Å². The maximum Gasteiger partial charge on any atom is 0.219 e. The van der Waals surface area contributed by atoms with E-state index in [1.165, 1.54) is 0 Å². The quantitative estimate of drug-likeness (QED) is 0.557. The Kier molecular flexibility index (Phi) is 7.57. The molecule has 7 heteroatoms. The van der Waals surface area contributed by atoms with E-state index in [2.05, 4.69) is 0 Å². The molecular weight excluding hydrogens is 378 g/mol. The van der Waals surface area contributed by atoms with Crippen molar-refractivity contribution in [2.45, 2.75) is 55.3 Å². The average molecular weight is 408 g/mol. The number of ether oxygens (including phenoxy) is 1. The molecule has 2 atom stereocenters. The van der Waals surface area contributed by atoms with Gasteiger partial charge in [-0.05, 0) is 24.3 Å². The zero-order valence-corrected chi connectivity index (χ0v) is 17.2. The predicted molar refractivity (Wildman–Crippen MR) is 110 cm³/mol. The van der Waals surface area contributed by atoms with Gasteiger partial charge in [0.1, 0.15) is 5.60 Å². The van der Waals surface area contributed by atoms with Gasteiger partial charge in [-0.2, -0.15) is 0 Å². The highest BCUT2D eigenvalue weighted by Gasteiger charge is 2.44. The Bertz CT molecular complexity index is 907. The molecule has 0 saturated heterocycles. The highest BCUT2D eigenvalue weighted by molar-refractivity contribution is 7.92. The summed E-state index contributed by atoms with van der Waals surface area (Å²) in [6, 6.07) is 12.5. The van der Waals surface area contributed by atoms with Crippen LogP contribution in [0.1, 0.15) is 39.5 Å². The number of carbonyl (C=O) groups excluding carboxylic acids is 1. The van der Waals surface area contributed by atoms with Crippen LogP contribution in [-0.2, 0) is 19.4 Å². The number of fused-ring (bicyclic) bond motifs is 1. The molecule has 2 rings (SSSR count). The largest absolute Gasteiger partial charge is 0.386 e. The van der Waals surface area contributed by atoms with Crippen molar-refractivity contribution in [1.82, 2.24) is 0 Å². The van der Waals surface area contributed by atoms with Crippen LogP contribution >= 0.6 is 0 Å². The molecule has 6 nitrogen and oxygen atoms in total. The van der Waals surface area contributed by atoms with E-state index < -0.39 is 26.6 Å². The van der Waals surface area contributed by atoms with Crippen molar-refractivity contribution in [2.24, 2.45) is 5.73 Å². The highest BCUT2D eigenvalue weighted by Crippen LogP contribution is 2.34. The van der Waals surface area contributed by atoms with E-state index in [-0.39, 0.29) is 31.0 Å². The summed E-state index contributed by atoms with van der Waals surface area (Å²) in [6.07, 6.45) is 1.12. The third-order valence-electron chi connectivity index (χ3n) is 5.04. The van der Waals surface area contributed by atoms with Gasteiger partial charge in [0.05, 0.1) is 23.4 Å². The Morgan fingerprint density at radius 3 is 2.50 bits per heavy atom. The number of sulfone groups is 1. The van der Waals surface area contributed by atoms with Crippen LogP contribution in [-0.4, -0.2) is 43.5 Å². The van der Waals surface area contributed by atoms with E-state index in [1.54, 1.807) is 31.2 Å². The molecule has 154 valence electrons. The lowest BCUT2D eigenvalue weighted by Crippen LogP contribution is -2.50. The molecule has 2 unspecified atom stereocenters.